The fraction of sp³-hybridized carbons (Fsp3) is 0.148. The molecule has 3 aromatic rings. The highest BCUT2D eigenvalue weighted by Crippen LogP contribution is 2.36. The van der Waals surface area contributed by atoms with Crippen molar-refractivity contribution in [2.45, 2.75) is 20.1 Å². The summed E-state index contributed by atoms with van der Waals surface area (Å²) in [5.41, 5.74) is 2.11. The van der Waals surface area contributed by atoms with Crippen LogP contribution in [-0.4, -0.2) is 23.4 Å². The summed E-state index contributed by atoms with van der Waals surface area (Å²) >= 11 is 3.49. The number of hydrogen-bond acceptors (Lipinski definition) is 5. The first-order chi connectivity index (χ1) is 17.4. The Morgan fingerprint density at radius 2 is 1.75 bits per heavy atom. The monoisotopic (exact) mass is 549 g/mol. The maximum atomic E-state index is 14.0. The Kier molecular flexibility index (Phi) is 7.66. The van der Waals surface area contributed by atoms with Gasteiger partial charge in [-0.25, -0.2) is 9.18 Å². The van der Waals surface area contributed by atoms with E-state index < -0.39 is 17.8 Å². The van der Waals surface area contributed by atoms with Crippen LogP contribution in [0.25, 0.3) is 6.08 Å². The number of amides is 3. The number of nitriles is 1. The zero-order valence-electron chi connectivity index (χ0n) is 19.3. The van der Waals surface area contributed by atoms with Crippen molar-refractivity contribution in [1.82, 2.24) is 10.2 Å². The molecular formula is C27H21BrFN3O4. The molecule has 0 spiro atoms. The van der Waals surface area contributed by atoms with Crippen LogP contribution in [-0.2, 0) is 17.9 Å². The largest absolute Gasteiger partial charge is 0.490 e. The molecule has 3 amide bonds. The van der Waals surface area contributed by atoms with Gasteiger partial charge in [0.2, 0.25) is 0 Å². The number of ether oxygens (including phenoxy) is 2. The lowest BCUT2D eigenvalue weighted by molar-refractivity contribution is -0.123. The molecule has 0 aromatic heterocycles. The fourth-order valence-electron chi connectivity index (χ4n) is 3.62. The molecule has 0 saturated carbocycles. The van der Waals surface area contributed by atoms with Crippen LogP contribution in [0, 0.1) is 17.1 Å². The number of carbonyl (C=O) groups is 2. The van der Waals surface area contributed by atoms with E-state index in [1.165, 1.54) is 18.2 Å². The molecule has 36 heavy (non-hydrogen) atoms. The van der Waals surface area contributed by atoms with Crippen LogP contribution in [0.5, 0.6) is 11.5 Å². The minimum absolute atomic E-state index is 0.0519. The van der Waals surface area contributed by atoms with Crippen molar-refractivity contribution < 1.29 is 23.5 Å². The number of hydrogen-bond donors (Lipinski definition) is 1. The van der Waals surface area contributed by atoms with E-state index in [0.29, 0.717) is 33.7 Å². The van der Waals surface area contributed by atoms with Gasteiger partial charge in [-0.2, -0.15) is 5.26 Å². The fourth-order valence-corrected chi connectivity index (χ4v) is 4.06. The molecule has 9 heteroatoms. The molecular weight excluding hydrogens is 529 g/mol. The van der Waals surface area contributed by atoms with Gasteiger partial charge >= 0.3 is 6.03 Å². The average Bonchev–Trinajstić information content (AvgIpc) is 3.13. The minimum Gasteiger partial charge on any atom is -0.490 e. The van der Waals surface area contributed by atoms with E-state index in [2.05, 4.69) is 27.3 Å². The van der Waals surface area contributed by atoms with Gasteiger partial charge in [-0.1, -0.05) is 52.3 Å². The van der Waals surface area contributed by atoms with Crippen molar-refractivity contribution in [2.24, 2.45) is 0 Å². The molecule has 0 aliphatic carbocycles. The lowest BCUT2D eigenvalue weighted by atomic mass is 10.1. The molecule has 1 saturated heterocycles. The zero-order valence-corrected chi connectivity index (χ0v) is 20.8. The predicted molar refractivity (Wildman–Crippen MR) is 134 cm³/mol. The van der Waals surface area contributed by atoms with E-state index in [0.717, 1.165) is 10.5 Å². The Labute approximate surface area is 215 Å². The quantitative estimate of drug-likeness (QED) is 0.294. The molecule has 7 nitrogen and oxygen atoms in total. The number of imide groups is 1. The van der Waals surface area contributed by atoms with Crippen LogP contribution in [0.3, 0.4) is 0 Å². The van der Waals surface area contributed by atoms with E-state index in [-0.39, 0.29) is 24.4 Å². The summed E-state index contributed by atoms with van der Waals surface area (Å²) in [6, 6.07) is 18.0. The summed E-state index contributed by atoms with van der Waals surface area (Å²) in [5, 5.41) is 11.8. The lowest BCUT2D eigenvalue weighted by Gasteiger charge is -2.15. The van der Waals surface area contributed by atoms with Crippen LogP contribution in [0.1, 0.15) is 29.2 Å². The number of benzene rings is 3. The predicted octanol–water partition coefficient (Wildman–Crippen LogP) is 5.53. The van der Waals surface area contributed by atoms with E-state index in [1.807, 2.05) is 19.1 Å². The van der Waals surface area contributed by atoms with Gasteiger partial charge in [-0.05, 0) is 42.8 Å². The molecule has 0 bridgehead atoms. The second-order valence-electron chi connectivity index (χ2n) is 7.78. The van der Waals surface area contributed by atoms with Gasteiger partial charge in [-0.3, -0.25) is 9.69 Å². The third-order valence-electron chi connectivity index (χ3n) is 5.43. The standard InChI is InChI=1S/C27H21BrFN3O4/c1-2-35-24-12-20(21(28)13-25(24)36-16-19-9-4-3-7-17(19)14-30)11-23-26(33)32(27(34)31-23)15-18-8-5-6-10-22(18)29/h3-13H,2,15-16H2,1H3,(H,31,34)/b23-11+. The van der Waals surface area contributed by atoms with Crippen molar-refractivity contribution in [2.75, 3.05) is 6.61 Å². The molecule has 182 valence electrons. The Hall–Kier alpha value is -4.16. The SMILES string of the molecule is CCOc1cc(/C=C2/NC(=O)N(Cc3ccccc3F)C2=O)c(Br)cc1OCc1ccccc1C#N. The summed E-state index contributed by atoms with van der Waals surface area (Å²) in [5.74, 6) is -0.183. The van der Waals surface area contributed by atoms with Crippen molar-refractivity contribution in [3.63, 3.8) is 0 Å². The maximum Gasteiger partial charge on any atom is 0.329 e. The number of nitrogens with zero attached hydrogens (tertiary/aromatic N) is 2. The minimum atomic E-state index is -0.633. The van der Waals surface area contributed by atoms with E-state index >= 15 is 0 Å². The summed E-state index contributed by atoms with van der Waals surface area (Å²) in [4.78, 5) is 26.3. The smallest absolute Gasteiger partial charge is 0.329 e. The van der Waals surface area contributed by atoms with Crippen molar-refractivity contribution in [3.8, 4) is 17.6 Å². The van der Waals surface area contributed by atoms with Crippen LogP contribution in [0.4, 0.5) is 9.18 Å². The molecule has 3 aromatic carbocycles. The third-order valence-corrected chi connectivity index (χ3v) is 6.12. The van der Waals surface area contributed by atoms with Gasteiger partial charge in [-0.15, -0.1) is 0 Å². The number of carbonyl (C=O) groups excluding carboxylic acids is 2. The molecule has 1 aliphatic rings. The summed E-state index contributed by atoms with van der Waals surface area (Å²) in [6.07, 6.45) is 1.52. The molecule has 1 fully saturated rings. The lowest BCUT2D eigenvalue weighted by Crippen LogP contribution is -2.30. The molecule has 0 atom stereocenters. The van der Waals surface area contributed by atoms with Crippen LogP contribution >= 0.6 is 15.9 Å². The molecule has 1 heterocycles. The van der Waals surface area contributed by atoms with E-state index in [1.54, 1.807) is 36.4 Å². The Balaban J connectivity index is 1.58. The average molecular weight is 550 g/mol. The van der Waals surface area contributed by atoms with E-state index in [9.17, 15) is 19.2 Å². The number of halogens is 2. The normalized spacial score (nSPS) is 14.1. The van der Waals surface area contributed by atoms with Crippen molar-refractivity contribution in [3.05, 3.63) is 98.9 Å². The van der Waals surface area contributed by atoms with Gasteiger partial charge in [0, 0.05) is 15.6 Å². The first-order valence-electron chi connectivity index (χ1n) is 11.1. The Morgan fingerprint density at radius 1 is 1.06 bits per heavy atom. The molecule has 4 rings (SSSR count). The second-order valence-corrected chi connectivity index (χ2v) is 8.64. The molecule has 0 unspecified atom stereocenters. The van der Waals surface area contributed by atoms with Gasteiger partial charge in [0.15, 0.2) is 11.5 Å². The maximum absolute atomic E-state index is 14.0. The number of urea groups is 1. The van der Waals surface area contributed by atoms with E-state index in [4.69, 9.17) is 9.47 Å². The third kappa shape index (κ3) is 5.39. The highest BCUT2D eigenvalue weighted by molar-refractivity contribution is 9.10. The first-order valence-corrected chi connectivity index (χ1v) is 11.9. The summed E-state index contributed by atoms with van der Waals surface area (Å²) < 4.78 is 26.3. The highest BCUT2D eigenvalue weighted by atomic mass is 79.9. The van der Waals surface area contributed by atoms with Gasteiger partial charge in [0.05, 0.1) is 24.8 Å². The van der Waals surface area contributed by atoms with Crippen LogP contribution in [0.2, 0.25) is 0 Å². The topological polar surface area (TPSA) is 91.7 Å². The second kappa shape index (κ2) is 11.1. The summed E-state index contributed by atoms with van der Waals surface area (Å²) in [7, 11) is 0. The van der Waals surface area contributed by atoms with Crippen molar-refractivity contribution >= 4 is 33.9 Å². The van der Waals surface area contributed by atoms with Crippen LogP contribution < -0.4 is 14.8 Å². The highest BCUT2D eigenvalue weighted by Gasteiger charge is 2.34. The van der Waals surface area contributed by atoms with Gasteiger partial charge in [0.1, 0.15) is 18.1 Å². The Bertz CT molecular complexity index is 1400. The van der Waals surface area contributed by atoms with Gasteiger partial charge < -0.3 is 14.8 Å². The first kappa shape index (κ1) is 24.9. The summed E-state index contributed by atoms with van der Waals surface area (Å²) in [6.45, 7) is 2.18. The molecule has 0 radical (unpaired) electrons. The number of nitrogens with one attached hydrogen (secondary N) is 1. The van der Waals surface area contributed by atoms with Crippen molar-refractivity contribution in [1.29, 1.82) is 5.26 Å². The molecule has 1 N–H and O–H groups in total. The van der Waals surface area contributed by atoms with Gasteiger partial charge in [0.25, 0.3) is 5.91 Å². The van der Waals surface area contributed by atoms with Crippen LogP contribution in [0.15, 0.2) is 70.8 Å². The Morgan fingerprint density at radius 3 is 2.47 bits per heavy atom. The zero-order chi connectivity index (χ0) is 25.7. The number of rotatable bonds is 8. The molecule has 1 aliphatic heterocycles.